The van der Waals surface area contributed by atoms with Crippen LogP contribution in [0, 0.1) is 0 Å². The highest BCUT2D eigenvalue weighted by Gasteiger charge is 2.13. The van der Waals surface area contributed by atoms with Gasteiger partial charge in [-0.25, -0.2) is 0 Å². The SMILES string of the molecule is NCC(COc1ccc(Cl)cc1)c1ccc(Cl)s1. The van der Waals surface area contributed by atoms with Gasteiger partial charge in [0.1, 0.15) is 5.75 Å². The lowest BCUT2D eigenvalue weighted by Crippen LogP contribution is -2.18. The van der Waals surface area contributed by atoms with Crippen LogP contribution in [-0.4, -0.2) is 13.2 Å². The predicted molar refractivity (Wildman–Crippen MR) is 78.1 cm³/mol. The van der Waals surface area contributed by atoms with Crippen LogP contribution >= 0.6 is 34.5 Å². The largest absolute Gasteiger partial charge is 0.493 e. The fourth-order valence-corrected chi connectivity index (χ4v) is 2.83. The summed E-state index contributed by atoms with van der Waals surface area (Å²) in [6.07, 6.45) is 0. The third-order valence-corrected chi connectivity index (χ3v) is 4.19. The Morgan fingerprint density at radius 3 is 2.39 bits per heavy atom. The van der Waals surface area contributed by atoms with Crippen molar-refractivity contribution < 1.29 is 4.74 Å². The molecule has 0 amide bonds. The molecule has 2 nitrogen and oxygen atoms in total. The molecule has 0 fully saturated rings. The van der Waals surface area contributed by atoms with Crippen molar-refractivity contribution in [1.29, 1.82) is 0 Å². The lowest BCUT2D eigenvalue weighted by molar-refractivity contribution is 0.292. The van der Waals surface area contributed by atoms with Crippen molar-refractivity contribution in [2.45, 2.75) is 5.92 Å². The topological polar surface area (TPSA) is 35.2 Å². The molecule has 0 radical (unpaired) electrons. The van der Waals surface area contributed by atoms with E-state index in [9.17, 15) is 0 Å². The number of ether oxygens (including phenoxy) is 1. The molecule has 0 spiro atoms. The zero-order valence-corrected chi connectivity index (χ0v) is 11.9. The Bertz CT molecular complexity index is 498. The van der Waals surface area contributed by atoms with Crippen molar-refractivity contribution in [3.63, 3.8) is 0 Å². The van der Waals surface area contributed by atoms with Crippen molar-refractivity contribution in [1.82, 2.24) is 0 Å². The average Bonchev–Trinajstić information content (AvgIpc) is 2.79. The summed E-state index contributed by atoms with van der Waals surface area (Å²) in [7, 11) is 0. The first-order valence-corrected chi connectivity index (χ1v) is 7.10. The van der Waals surface area contributed by atoms with E-state index in [4.69, 9.17) is 33.7 Å². The van der Waals surface area contributed by atoms with Crippen LogP contribution < -0.4 is 10.5 Å². The molecule has 0 saturated heterocycles. The number of hydrogen-bond acceptors (Lipinski definition) is 3. The van der Waals surface area contributed by atoms with Crippen LogP contribution in [0.1, 0.15) is 10.8 Å². The minimum atomic E-state index is 0.165. The number of halogens is 2. The van der Waals surface area contributed by atoms with Gasteiger partial charge in [-0.2, -0.15) is 0 Å². The highest BCUT2D eigenvalue weighted by molar-refractivity contribution is 7.16. The molecule has 1 unspecified atom stereocenters. The Morgan fingerprint density at radius 2 is 1.83 bits per heavy atom. The lowest BCUT2D eigenvalue weighted by atomic mass is 10.1. The van der Waals surface area contributed by atoms with Crippen LogP contribution in [0.3, 0.4) is 0 Å². The molecule has 5 heteroatoms. The van der Waals surface area contributed by atoms with E-state index in [0.717, 1.165) is 15.0 Å². The van der Waals surface area contributed by atoms with Crippen LogP contribution in [0.25, 0.3) is 0 Å². The third-order valence-electron chi connectivity index (χ3n) is 2.55. The van der Waals surface area contributed by atoms with Crippen molar-refractivity contribution in [3.8, 4) is 5.75 Å². The number of nitrogens with two attached hydrogens (primary N) is 1. The molecule has 0 saturated carbocycles. The van der Waals surface area contributed by atoms with Gasteiger partial charge in [-0.15, -0.1) is 11.3 Å². The number of benzene rings is 1. The second kappa shape index (κ2) is 6.43. The minimum absolute atomic E-state index is 0.165. The van der Waals surface area contributed by atoms with Crippen LogP contribution in [0.2, 0.25) is 9.36 Å². The van der Waals surface area contributed by atoms with Gasteiger partial charge in [-0.1, -0.05) is 23.2 Å². The van der Waals surface area contributed by atoms with Gasteiger partial charge in [-0.05, 0) is 36.4 Å². The Labute approximate surface area is 120 Å². The molecule has 0 aliphatic heterocycles. The summed E-state index contributed by atoms with van der Waals surface area (Å²) in [6.45, 7) is 1.07. The van der Waals surface area contributed by atoms with E-state index in [0.29, 0.717) is 18.2 Å². The maximum atomic E-state index is 5.92. The summed E-state index contributed by atoms with van der Waals surface area (Å²) in [5.74, 6) is 0.957. The van der Waals surface area contributed by atoms with Crippen LogP contribution in [0.4, 0.5) is 0 Å². The lowest BCUT2D eigenvalue weighted by Gasteiger charge is -2.14. The fraction of sp³-hybridized carbons (Fsp3) is 0.231. The third kappa shape index (κ3) is 3.62. The Morgan fingerprint density at radius 1 is 1.11 bits per heavy atom. The van der Waals surface area contributed by atoms with Crippen molar-refractivity contribution in [2.24, 2.45) is 5.73 Å². The molecular weight excluding hydrogens is 289 g/mol. The highest BCUT2D eigenvalue weighted by Crippen LogP contribution is 2.28. The first-order chi connectivity index (χ1) is 8.69. The van der Waals surface area contributed by atoms with E-state index in [1.54, 1.807) is 23.5 Å². The van der Waals surface area contributed by atoms with Crippen LogP contribution in [0.5, 0.6) is 5.75 Å². The summed E-state index contributed by atoms with van der Waals surface area (Å²) >= 11 is 13.3. The van der Waals surface area contributed by atoms with E-state index in [1.165, 1.54) is 0 Å². The Balaban J connectivity index is 1.97. The normalized spacial score (nSPS) is 12.4. The standard InChI is InChI=1S/C13H13Cl2NOS/c14-10-1-3-11(4-2-10)17-8-9(7-16)12-5-6-13(15)18-12/h1-6,9H,7-8,16H2. The maximum Gasteiger partial charge on any atom is 0.119 e. The van der Waals surface area contributed by atoms with E-state index in [2.05, 4.69) is 0 Å². The molecule has 96 valence electrons. The van der Waals surface area contributed by atoms with Gasteiger partial charge in [0.15, 0.2) is 0 Å². The number of rotatable bonds is 5. The molecule has 0 bridgehead atoms. The molecule has 1 heterocycles. The van der Waals surface area contributed by atoms with Gasteiger partial charge in [0.05, 0.1) is 10.9 Å². The summed E-state index contributed by atoms with van der Waals surface area (Å²) in [6, 6.07) is 11.2. The molecular formula is C13H13Cl2NOS. The van der Waals surface area contributed by atoms with Gasteiger partial charge >= 0.3 is 0 Å². The van der Waals surface area contributed by atoms with Crippen molar-refractivity contribution >= 4 is 34.5 Å². The van der Waals surface area contributed by atoms with E-state index in [-0.39, 0.29) is 5.92 Å². The Hall–Kier alpha value is -0.740. The summed E-state index contributed by atoms with van der Waals surface area (Å²) in [4.78, 5) is 1.15. The molecule has 0 aliphatic rings. The maximum absolute atomic E-state index is 5.92. The molecule has 2 N–H and O–H groups in total. The molecule has 1 aromatic heterocycles. The average molecular weight is 302 g/mol. The molecule has 1 atom stereocenters. The monoisotopic (exact) mass is 301 g/mol. The zero-order chi connectivity index (χ0) is 13.0. The minimum Gasteiger partial charge on any atom is -0.493 e. The first kappa shape index (κ1) is 13.7. The fourth-order valence-electron chi connectivity index (χ4n) is 1.54. The van der Waals surface area contributed by atoms with Crippen molar-refractivity contribution in [3.05, 3.63) is 50.6 Å². The quantitative estimate of drug-likeness (QED) is 0.899. The number of hydrogen-bond donors (Lipinski definition) is 1. The second-order valence-electron chi connectivity index (χ2n) is 3.84. The van der Waals surface area contributed by atoms with E-state index in [1.807, 2.05) is 24.3 Å². The van der Waals surface area contributed by atoms with Gasteiger partial charge in [0.2, 0.25) is 0 Å². The van der Waals surface area contributed by atoms with E-state index >= 15 is 0 Å². The molecule has 2 aromatic rings. The van der Waals surface area contributed by atoms with Gasteiger partial charge < -0.3 is 10.5 Å². The summed E-state index contributed by atoms with van der Waals surface area (Å²) in [5, 5.41) is 0.697. The van der Waals surface area contributed by atoms with Gasteiger partial charge in [-0.3, -0.25) is 0 Å². The van der Waals surface area contributed by atoms with Gasteiger partial charge in [0, 0.05) is 22.4 Å². The predicted octanol–water partition coefficient (Wildman–Crippen LogP) is 4.18. The first-order valence-electron chi connectivity index (χ1n) is 5.52. The van der Waals surface area contributed by atoms with Crippen molar-refractivity contribution in [2.75, 3.05) is 13.2 Å². The molecule has 18 heavy (non-hydrogen) atoms. The summed E-state index contributed by atoms with van der Waals surface area (Å²) in [5.41, 5.74) is 5.76. The van der Waals surface area contributed by atoms with Crippen LogP contribution in [0.15, 0.2) is 36.4 Å². The summed E-state index contributed by atoms with van der Waals surface area (Å²) < 4.78 is 6.48. The van der Waals surface area contributed by atoms with Gasteiger partial charge in [0.25, 0.3) is 0 Å². The Kier molecular flexibility index (Phi) is 4.89. The second-order valence-corrected chi connectivity index (χ2v) is 6.02. The highest BCUT2D eigenvalue weighted by atomic mass is 35.5. The molecule has 2 rings (SSSR count). The molecule has 1 aromatic carbocycles. The van der Waals surface area contributed by atoms with E-state index < -0.39 is 0 Å². The van der Waals surface area contributed by atoms with Crippen LogP contribution in [-0.2, 0) is 0 Å². The zero-order valence-electron chi connectivity index (χ0n) is 9.61. The number of thiophene rings is 1. The smallest absolute Gasteiger partial charge is 0.119 e. The molecule has 0 aliphatic carbocycles.